The molecule has 1 aromatic heterocycles. The van der Waals surface area contributed by atoms with Crippen LogP contribution >= 0.6 is 0 Å². The largest absolute Gasteiger partial charge is 0.507 e. The van der Waals surface area contributed by atoms with Gasteiger partial charge in [-0.05, 0) is 62.1 Å². The van der Waals surface area contributed by atoms with E-state index in [1.165, 1.54) is 0 Å². The minimum Gasteiger partial charge on any atom is -0.507 e. The number of benzene rings is 1. The van der Waals surface area contributed by atoms with E-state index in [0.717, 1.165) is 6.42 Å². The average molecular weight is 494 g/mol. The molecule has 1 N–H and O–H groups in total. The second-order valence-corrected chi connectivity index (χ2v) is 8.78. The van der Waals surface area contributed by atoms with E-state index >= 15 is 0 Å². The van der Waals surface area contributed by atoms with Crippen LogP contribution in [0.4, 0.5) is 4.79 Å². The molecule has 9 nitrogen and oxygen atoms in total. The minimum absolute atomic E-state index is 0.0306. The van der Waals surface area contributed by atoms with E-state index in [-0.39, 0.29) is 23.5 Å². The van der Waals surface area contributed by atoms with Crippen molar-refractivity contribution in [3.63, 3.8) is 0 Å². The highest BCUT2D eigenvalue weighted by Gasteiger charge is 2.49. The molecule has 4 rings (SSSR count). The number of carbonyl (C=O) groups is 3. The van der Waals surface area contributed by atoms with Crippen molar-refractivity contribution in [3.8, 4) is 5.75 Å². The first-order valence-electron chi connectivity index (χ1n) is 12.3. The Kier molecular flexibility index (Phi) is 7.87. The standard InChI is InChI=1S/C27H31N3O6/c1-3-16-36-21-9-7-18(8-10-21)24(31)22-23(19-6-5-13-28-17-19)30(26(33)25(22)32)20-11-14-29(15-12-20)27(34)35-4-2/h5-10,13,17,20,23,31H,3-4,11-12,14-16H2,1-2H3/b24-22+. The van der Waals surface area contributed by atoms with Crippen LogP contribution in [-0.2, 0) is 14.3 Å². The molecule has 1 aromatic carbocycles. The van der Waals surface area contributed by atoms with Crippen molar-refractivity contribution in [1.29, 1.82) is 0 Å². The zero-order valence-corrected chi connectivity index (χ0v) is 20.6. The second-order valence-electron chi connectivity index (χ2n) is 8.78. The van der Waals surface area contributed by atoms with Crippen LogP contribution in [0.25, 0.3) is 5.76 Å². The van der Waals surface area contributed by atoms with E-state index in [0.29, 0.717) is 56.0 Å². The van der Waals surface area contributed by atoms with Gasteiger partial charge in [0.25, 0.3) is 11.7 Å². The van der Waals surface area contributed by atoms with Gasteiger partial charge in [0, 0.05) is 37.1 Å². The lowest BCUT2D eigenvalue weighted by Gasteiger charge is -2.38. The van der Waals surface area contributed by atoms with Crippen LogP contribution in [0.15, 0.2) is 54.4 Å². The van der Waals surface area contributed by atoms with Crippen molar-refractivity contribution in [2.75, 3.05) is 26.3 Å². The molecule has 2 aromatic rings. The summed E-state index contributed by atoms with van der Waals surface area (Å²) in [6.45, 7) is 5.45. The van der Waals surface area contributed by atoms with Crippen LogP contribution in [0.5, 0.6) is 5.75 Å². The predicted molar refractivity (Wildman–Crippen MR) is 132 cm³/mol. The number of pyridine rings is 1. The number of rotatable bonds is 7. The molecule has 2 aliphatic rings. The zero-order valence-electron chi connectivity index (χ0n) is 20.6. The number of aliphatic hydroxyl groups excluding tert-OH is 1. The van der Waals surface area contributed by atoms with Crippen molar-refractivity contribution in [2.24, 2.45) is 0 Å². The molecule has 3 heterocycles. The lowest BCUT2D eigenvalue weighted by atomic mass is 9.94. The summed E-state index contributed by atoms with van der Waals surface area (Å²) >= 11 is 0. The Morgan fingerprint density at radius 3 is 2.44 bits per heavy atom. The van der Waals surface area contributed by atoms with Crippen molar-refractivity contribution in [3.05, 3.63) is 65.5 Å². The van der Waals surface area contributed by atoms with Crippen LogP contribution in [0.1, 0.15) is 50.3 Å². The highest BCUT2D eigenvalue weighted by Crippen LogP contribution is 2.42. The molecule has 0 spiro atoms. The Hall–Kier alpha value is -3.88. The quantitative estimate of drug-likeness (QED) is 0.354. The van der Waals surface area contributed by atoms with Crippen molar-refractivity contribution in [1.82, 2.24) is 14.8 Å². The highest BCUT2D eigenvalue weighted by atomic mass is 16.6. The lowest BCUT2D eigenvalue weighted by Crippen LogP contribution is -2.48. The second kappa shape index (κ2) is 11.2. The van der Waals surface area contributed by atoms with Crippen molar-refractivity contribution in [2.45, 2.75) is 45.2 Å². The normalized spacial score (nSPS) is 20.0. The van der Waals surface area contributed by atoms with Gasteiger partial charge >= 0.3 is 6.09 Å². The number of hydrogen-bond acceptors (Lipinski definition) is 7. The molecule has 2 fully saturated rings. The summed E-state index contributed by atoms with van der Waals surface area (Å²) in [5, 5.41) is 11.2. The molecule has 36 heavy (non-hydrogen) atoms. The molecule has 2 amide bonds. The van der Waals surface area contributed by atoms with E-state index in [9.17, 15) is 19.5 Å². The van der Waals surface area contributed by atoms with E-state index in [1.54, 1.807) is 65.5 Å². The topological polar surface area (TPSA) is 109 Å². The van der Waals surface area contributed by atoms with E-state index in [4.69, 9.17) is 9.47 Å². The van der Waals surface area contributed by atoms with Gasteiger partial charge in [0.2, 0.25) is 0 Å². The van der Waals surface area contributed by atoms with E-state index in [1.807, 2.05) is 6.92 Å². The number of piperidine rings is 1. The summed E-state index contributed by atoms with van der Waals surface area (Å²) in [5.41, 5.74) is 1.08. The van der Waals surface area contributed by atoms with Gasteiger partial charge in [0.1, 0.15) is 11.5 Å². The average Bonchev–Trinajstić information content (AvgIpc) is 3.18. The Morgan fingerprint density at radius 1 is 1.11 bits per heavy atom. The number of ketones is 1. The molecule has 0 bridgehead atoms. The smallest absolute Gasteiger partial charge is 0.409 e. The van der Waals surface area contributed by atoms with E-state index in [2.05, 4.69) is 4.98 Å². The maximum Gasteiger partial charge on any atom is 0.409 e. The number of likely N-dealkylation sites (tertiary alicyclic amines) is 2. The van der Waals surface area contributed by atoms with Gasteiger partial charge in [-0.25, -0.2) is 4.79 Å². The summed E-state index contributed by atoms with van der Waals surface area (Å²) < 4.78 is 10.7. The third-order valence-electron chi connectivity index (χ3n) is 6.46. The summed E-state index contributed by atoms with van der Waals surface area (Å²) in [5.74, 6) is -0.981. The summed E-state index contributed by atoms with van der Waals surface area (Å²) in [6.07, 6.45) is 4.69. The minimum atomic E-state index is -0.783. The van der Waals surface area contributed by atoms with Gasteiger partial charge in [0.05, 0.1) is 24.8 Å². The van der Waals surface area contributed by atoms with Crippen LogP contribution < -0.4 is 4.74 Å². The Morgan fingerprint density at radius 2 is 1.83 bits per heavy atom. The lowest BCUT2D eigenvalue weighted by molar-refractivity contribution is -0.142. The molecule has 1 atom stereocenters. The SMILES string of the molecule is CCCOc1ccc(/C(O)=C2\C(=O)C(=O)N(C3CCN(C(=O)OCC)CC3)C2c2cccnc2)cc1. The van der Waals surface area contributed by atoms with E-state index < -0.39 is 17.7 Å². The first kappa shape index (κ1) is 25.2. The number of carbonyl (C=O) groups excluding carboxylic acids is 3. The fourth-order valence-electron chi connectivity index (χ4n) is 4.72. The third-order valence-corrected chi connectivity index (χ3v) is 6.46. The molecule has 2 aliphatic heterocycles. The summed E-state index contributed by atoms with van der Waals surface area (Å²) in [4.78, 5) is 46.1. The molecule has 9 heteroatoms. The molecule has 2 saturated heterocycles. The fraction of sp³-hybridized carbons (Fsp3) is 0.407. The van der Waals surface area contributed by atoms with Crippen molar-refractivity contribution < 1.29 is 29.0 Å². The number of nitrogens with zero attached hydrogens (tertiary/aromatic N) is 3. The molecule has 190 valence electrons. The first-order valence-corrected chi connectivity index (χ1v) is 12.3. The van der Waals surface area contributed by atoms with Crippen LogP contribution in [0.2, 0.25) is 0 Å². The summed E-state index contributed by atoms with van der Waals surface area (Å²) in [6, 6.07) is 9.26. The van der Waals surface area contributed by atoms with Crippen LogP contribution in [-0.4, -0.2) is 70.0 Å². The van der Waals surface area contributed by atoms with Crippen LogP contribution in [0.3, 0.4) is 0 Å². The molecule has 0 aliphatic carbocycles. The Bertz CT molecular complexity index is 1120. The molecular weight excluding hydrogens is 462 g/mol. The fourth-order valence-corrected chi connectivity index (χ4v) is 4.72. The Balaban J connectivity index is 1.67. The monoisotopic (exact) mass is 493 g/mol. The number of ether oxygens (including phenoxy) is 2. The zero-order chi connectivity index (χ0) is 25.7. The van der Waals surface area contributed by atoms with Gasteiger partial charge in [-0.2, -0.15) is 0 Å². The van der Waals surface area contributed by atoms with Gasteiger partial charge in [-0.3, -0.25) is 14.6 Å². The summed E-state index contributed by atoms with van der Waals surface area (Å²) in [7, 11) is 0. The number of hydrogen-bond donors (Lipinski definition) is 1. The molecule has 0 saturated carbocycles. The van der Waals surface area contributed by atoms with Gasteiger partial charge in [-0.1, -0.05) is 13.0 Å². The first-order chi connectivity index (χ1) is 17.5. The highest BCUT2D eigenvalue weighted by molar-refractivity contribution is 6.46. The third kappa shape index (κ3) is 5.05. The number of amides is 2. The van der Waals surface area contributed by atoms with Gasteiger partial charge in [-0.15, -0.1) is 0 Å². The van der Waals surface area contributed by atoms with Gasteiger partial charge < -0.3 is 24.4 Å². The maximum absolute atomic E-state index is 13.3. The predicted octanol–water partition coefficient (Wildman–Crippen LogP) is 3.91. The molecular formula is C27H31N3O6. The molecule has 0 radical (unpaired) electrons. The maximum atomic E-state index is 13.3. The number of aromatic nitrogens is 1. The van der Waals surface area contributed by atoms with Gasteiger partial charge in [0.15, 0.2) is 0 Å². The Labute approximate surface area is 210 Å². The molecule has 1 unspecified atom stereocenters. The van der Waals surface area contributed by atoms with Crippen molar-refractivity contribution >= 4 is 23.5 Å². The number of Topliss-reactive ketones (excluding diaryl/α,β-unsaturated/α-hetero) is 1. The number of aliphatic hydroxyl groups is 1. The van der Waals surface area contributed by atoms with Crippen LogP contribution in [0, 0.1) is 0 Å².